The average molecular weight is 250 g/mol. The van der Waals surface area contributed by atoms with E-state index in [4.69, 9.17) is 0 Å². The Morgan fingerprint density at radius 2 is 2.11 bits per heavy atom. The van der Waals surface area contributed by atoms with Gasteiger partial charge in [0.25, 0.3) is 0 Å². The average Bonchev–Trinajstić information content (AvgIpc) is 2.87. The van der Waals surface area contributed by atoms with Gasteiger partial charge in [-0.15, -0.1) is 0 Å². The summed E-state index contributed by atoms with van der Waals surface area (Å²) in [5, 5.41) is 7.79. The Balaban J connectivity index is 1.55. The van der Waals surface area contributed by atoms with Crippen LogP contribution in [0.2, 0.25) is 0 Å². The van der Waals surface area contributed by atoms with Gasteiger partial charge in [-0.3, -0.25) is 4.68 Å². The zero-order valence-corrected chi connectivity index (χ0v) is 11.6. The summed E-state index contributed by atoms with van der Waals surface area (Å²) in [5.74, 6) is 0. The molecule has 102 valence electrons. The zero-order chi connectivity index (χ0) is 12.6. The van der Waals surface area contributed by atoms with Crippen LogP contribution < -0.4 is 5.32 Å². The first-order chi connectivity index (χ1) is 8.90. The van der Waals surface area contributed by atoms with E-state index in [1.54, 1.807) is 0 Å². The summed E-state index contributed by atoms with van der Waals surface area (Å²) in [6.45, 7) is 9.00. The van der Waals surface area contributed by atoms with Gasteiger partial charge in [-0.25, -0.2) is 0 Å². The molecule has 4 nitrogen and oxygen atoms in total. The molecule has 0 saturated carbocycles. The lowest BCUT2D eigenvalue weighted by Gasteiger charge is -2.26. The predicted octanol–water partition coefficient (Wildman–Crippen LogP) is 1.87. The molecule has 1 saturated heterocycles. The molecule has 2 rings (SSSR count). The van der Waals surface area contributed by atoms with Crippen molar-refractivity contribution in [2.75, 3.05) is 26.2 Å². The van der Waals surface area contributed by atoms with Crippen LogP contribution in [0.3, 0.4) is 0 Å². The number of hydrogen-bond donors (Lipinski definition) is 1. The van der Waals surface area contributed by atoms with E-state index in [2.05, 4.69) is 33.0 Å². The third-order valence-electron chi connectivity index (χ3n) is 3.69. The van der Waals surface area contributed by atoms with E-state index in [1.807, 2.05) is 6.20 Å². The second-order valence-corrected chi connectivity index (χ2v) is 5.07. The summed E-state index contributed by atoms with van der Waals surface area (Å²) in [5.41, 5.74) is 1.29. The fourth-order valence-electron chi connectivity index (χ4n) is 2.62. The minimum atomic E-state index is 0.938. The molecule has 1 aliphatic heterocycles. The van der Waals surface area contributed by atoms with Gasteiger partial charge in [0, 0.05) is 19.3 Å². The van der Waals surface area contributed by atoms with Crippen molar-refractivity contribution in [3.05, 3.63) is 18.0 Å². The smallest absolute Gasteiger partial charge is 0.0521 e. The molecule has 1 aromatic rings. The van der Waals surface area contributed by atoms with Crippen LogP contribution in [-0.2, 0) is 13.1 Å². The monoisotopic (exact) mass is 250 g/mol. The van der Waals surface area contributed by atoms with Crippen molar-refractivity contribution in [1.29, 1.82) is 0 Å². The first-order valence-electron chi connectivity index (χ1n) is 7.34. The van der Waals surface area contributed by atoms with E-state index in [0.717, 1.165) is 19.6 Å². The molecule has 4 heteroatoms. The highest BCUT2D eigenvalue weighted by Crippen LogP contribution is 2.08. The fraction of sp³-hybridized carbons (Fsp3) is 0.786. The lowest BCUT2D eigenvalue weighted by atomic mass is 10.1. The number of rotatable bonds is 7. The Hall–Kier alpha value is -0.870. The standard InChI is InChI=1S/C14H26N4/c1-2-18-14(7-9-16-18)13-15-8-6-12-17-10-4-3-5-11-17/h7,9,15H,2-6,8,10-13H2,1H3. The van der Waals surface area contributed by atoms with Crippen molar-refractivity contribution in [3.63, 3.8) is 0 Å². The lowest BCUT2D eigenvalue weighted by molar-refractivity contribution is 0.225. The molecular formula is C14H26N4. The van der Waals surface area contributed by atoms with Gasteiger partial charge in [0.05, 0.1) is 5.69 Å². The van der Waals surface area contributed by atoms with Crippen molar-refractivity contribution in [1.82, 2.24) is 20.0 Å². The molecule has 0 radical (unpaired) electrons. The summed E-state index contributed by atoms with van der Waals surface area (Å²) in [6.07, 6.45) is 7.34. The van der Waals surface area contributed by atoms with Gasteiger partial charge in [0.2, 0.25) is 0 Å². The third-order valence-corrected chi connectivity index (χ3v) is 3.69. The van der Waals surface area contributed by atoms with E-state index >= 15 is 0 Å². The second kappa shape index (κ2) is 7.54. The molecule has 18 heavy (non-hydrogen) atoms. The minimum Gasteiger partial charge on any atom is -0.311 e. The van der Waals surface area contributed by atoms with Crippen molar-refractivity contribution in [3.8, 4) is 0 Å². The normalized spacial score (nSPS) is 17.2. The van der Waals surface area contributed by atoms with Gasteiger partial charge in [-0.05, 0) is 58.4 Å². The molecule has 0 spiro atoms. The van der Waals surface area contributed by atoms with Crippen molar-refractivity contribution in [2.24, 2.45) is 0 Å². The van der Waals surface area contributed by atoms with Crippen molar-refractivity contribution in [2.45, 2.75) is 45.7 Å². The highest BCUT2D eigenvalue weighted by molar-refractivity contribution is 4.99. The number of likely N-dealkylation sites (tertiary alicyclic amines) is 1. The zero-order valence-electron chi connectivity index (χ0n) is 11.6. The number of nitrogens with one attached hydrogen (secondary N) is 1. The quantitative estimate of drug-likeness (QED) is 0.750. The maximum atomic E-state index is 4.28. The molecule has 0 unspecified atom stereocenters. The molecule has 0 aromatic carbocycles. The Bertz CT molecular complexity index is 328. The van der Waals surface area contributed by atoms with Gasteiger partial charge in [0.15, 0.2) is 0 Å². The molecule has 0 bridgehead atoms. The molecule has 0 aliphatic carbocycles. The number of hydrogen-bond acceptors (Lipinski definition) is 3. The van der Waals surface area contributed by atoms with E-state index in [1.165, 1.54) is 51.0 Å². The minimum absolute atomic E-state index is 0.938. The Kier molecular flexibility index (Phi) is 5.68. The van der Waals surface area contributed by atoms with Crippen molar-refractivity contribution < 1.29 is 0 Å². The van der Waals surface area contributed by atoms with E-state index in [9.17, 15) is 0 Å². The van der Waals surface area contributed by atoms with Gasteiger partial charge >= 0.3 is 0 Å². The highest BCUT2D eigenvalue weighted by Gasteiger charge is 2.08. The van der Waals surface area contributed by atoms with Gasteiger partial charge in [-0.2, -0.15) is 5.10 Å². The molecule has 1 aliphatic rings. The molecular weight excluding hydrogens is 224 g/mol. The van der Waals surface area contributed by atoms with Gasteiger partial charge in [0.1, 0.15) is 0 Å². The van der Waals surface area contributed by atoms with Crippen LogP contribution in [0.5, 0.6) is 0 Å². The Morgan fingerprint density at radius 3 is 2.89 bits per heavy atom. The van der Waals surface area contributed by atoms with Crippen LogP contribution in [-0.4, -0.2) is 40.9 Å². The SMILES string of the molecule is CCn1nccc1CNCCCN1CCCCC1. The van der Waals surface area contributed by atoms with Crippen molar-refractivity contribution >= 4 is 0 Å². The molecule has 1 aromatic heterocycles. The number of aromatic nitrogens is 2. The van der Waals surface area contributed by atoms with Crippen LogP contribution in [0.25, 0.3) is 0 Å². The Labute approximate surface area is 110 Å². The third kappa shape index (κ3) is 4.10. The molecule has 2 heterocycles. The van der Waals surface area contributed by atoms with Crippen LogP contribution in [0.1, 0.15) is 38.3 Å². The second-order valence-electron chi connectivity index (χ2n) is 5.07. The first kappa shape index (κ1) is 13.6. The number of piperidine rings is 1. The topological polar surface area (TPSA) is 33.1 Å². The van der Waals surface area contributed by atoms with Crippen LogP contribution >= 0.6 is 0 Å². The lowest BCUT2D eigenvalue weighted by Crippen LogP contribution is -2.32. The summed E-state index contributed by atoms with van der Waals surface area (Å²) in [6, 6.07) is 2.10. The summed E-state index contributed by atoms with van der Waals surface area (Å²) in [4.78, 5) is 2.60. The van der Waals surface area contributed by atoms with Crippen LogP contribution in [0.4, 0.5) is 0 Å². The maximum Gasteiger partial charge on any atom is 0.0521 e. The van der Waals surface area contributed by atoms with E-state index in [0.29, 0.717) is 0 Å². The Morgan fingerprint density at radius 1 is 1.28 bits per heavy atom. The van der Waals surface area contributed by atoms with Gasteiger partial charge < -0.3 is 10.2 Å². The molecule has 1 fully saturated rings. The maximum absolute atomic E-state index is 4.28. The molecule has 0 atom stereocenters. The summed E-state index contributed by atoms with van der Waals surface area (Å²) < 4.78 is 2.05. The molecule has 0 amide bonds. The number of nitrogens with zero attached hydrogens (tertiary/aromatic N) is 3. The van der Waals surface area contributed by atoms with E-state index in [-0.39, 0.29) is 0 Å². The largest absolute Gasteiger partial charge is 0.311 e. The summed E-state index contributed by atoms with van der Waals surface area (Å²) in [7, 11) is 0. The number of aryl methyl sites for hydroxylation is 1. The van der Waals surface area contributed by atoms with E-state index < -0.39 is 0 Å². The van der Waals surface area contributed by atoms with Gasteiger partial charge in [-0.1, -0.05) is 6.42 Å². The summed E-state index contributed by atoms with van der Waals surface area (Å²) >= 11 is 0. The first-order valence-corrected chi connectivity index (χ1v) is 7.34. The predicted molar refractivity (Wildman–Crippen MR) is 74.5 cm³/mol. The molecule has 1 N–H and O–H groups in total. The van der Waals surface area contributed by atoms with Crippen LogP contribution in [0.15, 0.2) is 12.3 Å². The highest BCUT2D eigenvalue weighted by atomic mass is 15.3. The van der Waals surface area contributed by atoms with Crippen LogP contribution in [0, 0.1) is 0 Å². The fourth-order valence-corrected chi connectivity index (χ4v) is 2.62.